The second kappa shape index (κ2) is 6.98. The van der Waals surface area contributed by atoms with Gasteiger partial charge >= 0.3 is 6.09 Å². The van der Waals surface area contributed by atoms with Gasteiger partial charge in [0.2, 0.25) is 0 Å². The number of hydrogen-bond donors (Lipinski definition) is 2. The zero-order valence-corrected chi connectivity index (χ0v) is 14.6. The van der Waals surface area contributed by atoms with Crippen molar-refractivity contribution >= 4 is 17.5 Å². The van der Waals surface area contributed by atoms with E-state index in [1.165, 1.54) is 0 Å². The van der Waals surface area contributed by atoms with Crippen molar-refractivity contribution in [3.05, 3.63) is 23.8 Å². The standard InChI is InChI=1S/C18H22F2N4O2/c1-23-11-24(16-7-12(8-21)2-3-15(16)23)10-14-6-13(9-22-17(25)26)4-5-18(14,19)20/h2-3,7,13-14,22H,4-6,9-11H2,1H3,(H,25,26)/t13-,14+/m1/s1. The van der Waals surface area contributed by atoms with Crippen LogP contribution in [-0.4, -0.2) is 43.9 Å². The van der Waals surface area contributed by atoms with Crippen LogP contribution in [0.25, 0.3) is 0 Å². The minimum atomic E-state index is -2.77. The Kier molecular flexibility index (Phi) is 4.90. The molecule has 1 saturated carbocycles. The molecule has 140 valence electrons. The van der Waals surface area contributed by atoms with E-state index in [0.717, 1.165) is 11.4 Å². The zero-order chi connectivity index (χ0) is 18.9. The van der Waals surface area contributed by atoms with Crippen LogP contribution in [0.2, 0.25) is 0 Å². The van der Waals surface area contributed by atoms with E-state index in [9.17, 15) is 13.6 Å². The fraction of sp³-hybridized carbons (Fsp3) is 0.556. The summed E-state index contributed by atoms with van der Waals surface area (Å²) in [5.41, 5.74) is 2.23. The molecule has 2 atom stereocenters. The maximum Gasteiger partial charge on any atom is 0.404 e. The summed E-state index contributed by atoms with van der Waals surface area (Å²) in [6, 6.07) is 7.39. The molecular formula is C18H22F2N4O2. The molecule has 1 aliphatic heterocycles. The number of anilines is 2. The van der Waals surface area contributed by atoms with E-state index in [2.05, 4.69) is 11.4 Å². The molecule has 1 fully saturated rings. The first kappa shape index (κ1) is 18.2. The molecule has 0 bridgehead atoms. The Labute approximate surface area is 151 Å². The molecule has 0 unspecified atom stereocenters. The van der Waals surface area contributed by atoms with E-state index in [1.807, 2.05) is 22.9 Å². The fourth-order valence-electron chi connectivity index (χ4n) is 3.92. The van der Waals surface area contributed by atoms with E-state index in [1.54, 1.807) is 12.1 Å². The molecule has 0 radical (unpaired) electrons. The molecule has 26 heavy (non-hydrogen) atoms. The van der Waals surface area contributed by atoms with Gasteiger partial charge in [0.1, 0.15) is 0 Å². The summed E-state index contributed by atoms with van der Waals surface area (Å²) in [6.07, 6.45) is -0.754. The minimum absolute atomic E-state index is 0.0824. The number of carbonyl (C=O) groups is 1. The number of nitriles is 1. The van der Waals surface area contributed by atoms with Crippen LogP contribution in [-0.2, 0) is 0 Å². The third kappa shape index (κ3) is 3.66. The van der Waals surface area contributed by atoms with Gasteiger partial charge in [0.05, 0.1) is 29.7 Å². The van der Waals surface area contributed by atoms with Crippen LogP contribution < -0.4 is 15.1 Å². The van der Waals surface area contributed by atoms with Gasteiger partial charge in [-0.05, 0) is 37.0 Å². The monoisotopic (exact) mass is 364 g/mol. The largest absolute Gasteiger partial charge is 0.465 e. The molecule has 1 aromatic carbocycles. The Hall–Kier alpha value is -2.56. The Balaban J connectivity index is 1.75. The number of benzene rings is 1. The molecule has 0 spiro atoms. The van der Waals surface area contributed by atoms with Crippen molar-refractivity contribution in [2.75, 3.05) is 36.6 Å². The minimum Gasteiger partial charge on any atom is -0.465 e. The van der Waals surface area contributed by atoms with Crippen LogP contribution >= 0.6 is 0 Å². The molecule has 2 N–H and O–H groups in total. The van der Waals surface area contributed by atoms with Crippen molar-refractivity contribution in [2.45, 2.75) is 25.2 Å². The highest BCUT2D eigenvalue weighted by Crippen LogP contribution is 2.44. The number of alkyl halides is 2. The summed E-state index contributed by atoms with van der Waals surface area (Å²) in [5.74, 6) is -3.70. The van der Waals surface area contributed by atoms with E-state index in [-0.39, 0.29) is 31.8 Å². The highest BCUT2D eigenvalue weighted by atomic mass is 19.3. The summed E-state index contributed by atoms with van der Waals surface area (Å²) >= 11 is 0. The molecule has 0 saturated heterocycles. The number of nitrogens with zero attached hydrogens (tertiary/aromatic N) is 3. The molecule has 8 heteroatoms. The molecule has 0 aromatic heterocycles. The van der Waals surface area contributed by atoms with Gasteiger partial charge in [0.15, 0.2) is 0 Å². The summed E-state index contributed by atoms with van der Waals surface area (Å²) in [6.45, 7) is 0.884. The average Bonchev–Trinajstić information content (AvgIpc) is 2.90. The molecular weight excluding hydrogens is 342 g/mol. The van der Waals surface area contributed by atoms with Gasteiger partial charge in [-0.15, -0.1) is 0 Å². The van der Waals surface area contributed by atoms with E-state index < -0.39 is 17.9 Å². The van der Waals surface area contributed by atoms with Crippen molar-refractivity contribution < 1.29 is 18.7 Å². The number of hydrogen-bond acceptors (Lipinski definition) is 4. The molecule has 1 aliphatic carbocycles. The number of halogens is 2. The smallest absolute Gasteiger partial charge is 0.404 e. The first-order valence-corrected chi connectivity index (χ1v) is 8.65. The van der Waals surface area contributed by atoms with Gasteiger partial charge in [0, 0.05) is 32.5 Å². The number of nitrogens with one attached hydrogen (secondary N) is 1. The van der Waals surface area contributed by atoms with Gasteiger partial charge in [-0.25, -0.2) is 13.6 Å². The van der Waals surface area contributed by atoms with Crippen molar-refractivity contribution in [1.82, 2.24) is 5.32 Å². The lowest BCUT2D eigenvalue weighted by Gasteiger charge is -2.38. The Morgan fingerprint density at radius 2 is 2.23 bits per heavy atom. The first-order chi connectivity index (χ1) is 12.3. The molecule has 6 nitrogen and oxygen atoms in total. The molecule has 1 aromatic rings. The van der Waals surface area contributed by atoms with Crippen LogP contribution in [0, 0.1) is 23.2 Å². The number of rotatable bonds is 4. The number of carboxylic acid groups (broad SMARTS) is 1. The lowest BCUT2D eigenvalue weighted by Crippen LogP contribution is -2.45. The first-order valence-electron chi connectivity index (χ1n) is 8.65. The molecule has 2 aliphatic rings. The Bertz CT molecular complexity index is 734. The van der Waals surface area contributed by atoms with Gasteiger partial charge in [-0.2, -0.15) is 5.26 Å². The quantitative estimate of drug-likeness (QED) is 0.858. The maximum absolute atomic E-state index is 14.5. The summed E-state index contributed by atoms with van der Waals surface area (Å²) in [4.78, 5) is 14.5. The van der Waals surface area contributed by atoms with Gasteiger partial charge in [0.25, 0.3) is 5.92 Å². The number of fused-ring (bicyclic) bond motifs is 1. The highest BCUT2D eigenvalue weighted by molar-refractivity contribution is 5.77. The van der Waals surface area contributed by atoms with Gasteiger partial charge < -0.3 is 20.2 Å². The Morgan fingerprint density at radius 3 is 2.92 bits per heavy atom. The highest BCUT2D eigenvalue weighted by Gasteiger charge is 2.45. The van der Waals surface area contributed by atoms with Crippen molar-refractivity contribution in [3.63, 3.8) is 0 Å². The number of amides is 1. The second-order valence-corrected chi connectivity index (χ2v) is 7.16. The lowest BCUT2D eigenvalue weighted by molar-refractivity contribution is -0.0938. The van der Waals surface area contributed by atoms with Crippen molar-refractivity contribution in [2.24, 2.45) is 11.8 Å². The maximum atomic E-state index is 14.5. The van der Waals surface area contributed by atoms with Crippen LogP contribution in [0.15, 0.2) is 18.2 Å². The van der Waals surface area contributed by atoms with E-state index >= 15 is 0 Å². The van der Waals surface area contributed by atoms with Gasteiger partial charge in [-0.3, -0.25) is 0 Å². The van der Waals surface area contributed by atoms with E-state index in [0.29, 0.717) is 18.7 Å². The lowest BCUT2D eigenvalue weighted by atomic mass is 9.78. The van der Waals surface area contributed by atoms with Crippen LogP contribution in [0.3, 0.4) is 0 Å². The summed E-state index contributed by atoms with van der Waals surface area (Å²) in [7, 11) is 1.89. The third-order valence-corrected chi connectivity index (χ3v) is 5.32. The summed E-state index contributed by atoms with van der Waals surface area (Å²) < 4.78 is 29.0. The Morgan fingerprint density at radius 1 is 1.46 bits per heavy atom. The normalized spacial score (nSPS) is 24.1. The van der Waals surface area contributed by atoms with Crippen molar-refractivity contribution in [1.29, 1.82) is 5.26 Å². The average molecular weight is 364 g/mol. The predicted molar refractivity (Wildman–Crippen MR) is 93.6 cm³/mol. The summed E-state index contributed by atoms with van der Waals surface area (Å²) in [5, 5.41) is 20.1. The second-order valence-electron chi connectivity index (χ2n) is 7.16. The fourth-order valence-corrected chi connectivity index (χ4v) is 3.92. The predicted octanol–water partition coefficient (Wildman–Crippen LogP) is 3.09. The SMILES string of the molecule is CN1CN(C[C@@H]2C[C@H](CNC(=O)O)CCC2(F)F)c2cc(C#N)ccc21. The van der Waals surface area contributed by atoms with Crippen LogP contribution in [0.4, 0.5) is 25.0 Å². The third-order valence-electron chi connectivity index (χ3n) is 5.32. The van der Waals surface area contributed by atoms with E-state index in [4.69, 9.17) is 10.4 Å². The molecule has 1 amide bonds. The van der Waals surface area contributed by atoms with Crippen LogP contribution in [0.5, 0.6) is 0 Å². The van der Waals surface area contributed by atoms with Crippen LogP contribution in [0.1, 0.15) is 24.8 Å². The van der Waals surface area contributed by atoms with Crippen molar-refractivity contribution in [3.8, 4) is 6.07 Å². The van der Waals surface area contributed by atoms with Gasteiger partial charge in [-0.1, -0.05) is 0 Å². The molecule has 3 rings (SSSR count). The molecule has 1 heterocycles. The topological polar surface area (TPSA) is 79.6 Å². The zero-order valence-electron chi connectivity index (χ0n) is 14.6.